The Morgan fingerprint density at radius 3 is 2.46 bits per heavy atom. The highest BCUT2D eigenvalue weighted by Crippen LogP contribution is 2.34. The number of hydrogen-bond donors (Lipinski definition) is 7. The van der Waals surface area contributed by atoms with Crippen molar-refractivity contribution in [1.29, 1.82) is 0 Å². The van der Waals surface area contributed by atoms with Crippen molar-refractivity contribution in [3.05, 3.63) is 80.0 Å². The quantitative estimate of drug-likeness (QED) is 0.207. The highest BCUT2D eigenvalue weighted by atomic mass is 32.2. The molecular weight excluding hydrogens is 534 g/mol. The van der Waals surface area contributed by atoms with Crippen molar-refractivity contribution in [2.24, 2.45) is 4.99 Å². The number of benzene rings is 2. The van der Waals surface area contributed by atoms with E-state index >= 15 is 0 Å². The van der Waals surface area contributed by atoms with Crippen molar-refractivity contribution < 1.29 is 34.4 Å². The number of ether oxygens (including phenoxy) is 1. The number of methoxy groups -OCH3 is 1. The Hall–Kier alpha value is -5.05. The number of carbonyl (C=O) groups is 3. The summed E-state index contributed by atoms with van der Waals surface area (Å²) in [5.41, 5.74) is -1.46. The fourth-order valence-electron chi connectivity index (χ4n) is 3.73. The normalized spacial score (nSPS) is 15.4. The van der Waals surface area contributed by atoms with Crippen molar-refractivity contribution in [3.63, 3.8) is 0 Å². The fourth-order valence-corrected chi connectivity index (χ4v) is 4.71. The molecule has 0 saturated carbocycles. The number of aromatic amines is 2. The first-order valence-electron chi connectivity index (χ1n) is 11.2. The Morgan fingerprint density at radius 2 is 1.82 bits per heavy atom. The second-order valence-electron chi connectivity index (χ2n) is 8.18. The van der Waals surface area contributed by atoms with Crippen molar-refractivity contribution in [2.75, 3.05) is 12.4 Å². The van der Waals surface area contributed by atoms with E-state index in [-0.39, 0.29) is 34.2 Å². The van der Waals surface area contributed by atoms with Gasteiger partial charge in [-0.15, -0.1) is 0 Å². The van der Waals surface area contributed by atoms with Crippen LogP contribution in [-0.2, 0) is 9.59 Å². The van der Waals surface area contributed by atoms with Crippen LogP contribution in [0, 0.1) is 0 Å². The first-order valence-corrected chi connectivity index (χ1v) is 12.0. The third kappa shape index (κ3) is 6.10. The number of carboxylic acid groups (broad SMARTS) is 1. The first kappa shape index (κ1) is 27.0. The number of aromatic carboxylic acids is 1. The Morgan fingerprint density at radius 1 is 1.10 bits per heavy atom. The number of aliphatic imine (C=N–C) groups is 1. The number of phenolic OH excluding ortho intramolecular Hbond substituents is 1. The van der Waals surface area contributed by atoms with E-state index in [9.17, 15) is 34.2 Å². The molecule has 1 aliphatic rings. The van der Waals surface area contributed by atoms with Crippen LogP contribution in [0.25, 0.3) is 0 Å². The summed E-state index contributed by atoms with van der Waals surface area (Å²) < 4.78 is 5.12. The number of thioether (sulfide) groups is 1. The lowest BCUT2D eigenvalue weighted by Gasteiger charge is -2.21. The summed E-state index contributed by atoms with van der Waals surface area (Å²) in [5.74, 6) is -3.11. The van der Waals surface area contributed by atoms with E-state index in [1.807, 2.05) is 4.98 Å². The molecule has 7 N–H and O–H groups in total. The standard InChI is InChI=1S/C24H21N5O9S/c1-38-14-8-11(4-7-13(14)30)18(17-20(33)27-23(37)28-21(17)34)26-24-29-19(32)15(39-24)9-16(31)25-12-5-2-10(3-6-12)22(35)36/h2-8,15,18,30H,9H2,1H3,(H,25,31)(H,35,36)(H,26,29,32)(H3,27,28,33,34,37). The molecule has 2 aromatic carbocycles. The number of rotatable bonds is 8. The zero-order chi connectivity index (χ0) is 28.3. The van der Waals surface area contributed by atoms with Gasteiger partial charge < -0.3 is 30.7 Å². The zero-order valence-corrected chi connectivity index (χ0v) is 20.9. The molecule has 2 heterocycles. The molecule has 39 heavy (non-hydrogen) atoms. The molecule has 15 heteroatoms. The number of anilines is 1. The van der Waals surface area contributed by atoms with Crippen molar-refractivity contribution >= 4 is 40.4 Å². The van der Waals surface area contributed by atoms with Gasteiger partial charge in [-0.2, -0.15) is 4.99 Å². The summed E-state index contributed by atoms with van der Waals surface area (Å²) >= 11 is 0.914. The number of phenols is 1. The molecular formula is C24H21N5O9S. The maximum absolute atomic E-state index is 12.6. The number of hydrogen-bond acceptors (Lipinski definition) is 10. The molecule has 2 atom stereocenters. The molecule has 0 radical (unpaired) electrons. The van der Waals surface area contributed by atoms with Crippen LogP contribution in [0.2, 0.25) is 0 Å². The lowest BCUT2D eigenvalue weighted by atomic mass is 10.00. The van der Waals surface area contributed by atoms with Crippen LogP contribution in [0.5, 0.6) is 17.4 Å². The predicted molar refractivity (Wildman–Crippen MR) is 139 cm³/mol. The summed E-state index contributed by atoms with van der Waals surface area (Å²) in [6, 6.07) is 8.43. The molecule has 4 rings (SSSR count). The molecule has 1 aliphatic heterocycles. The van der Waals surface area contributed by atoms with Crippen molar-refractivity contribution in [3.8, 4) is 17.4 Å². The number of carboxylic acids is 1. The highest BCUT2D eigenvalue weighted by molar-refractivity contribution is 8.15. The van der Waals surface area contributed by atoms with E-state index in [4.69, 9.17) is 9.84 Å². The Balaban J connectivity index is 1.53. The zero-order valence-electron chi connectivity index (χ0n) is 20.0. The number of aromatic hydroxyl groups is 2. The fraction of sp³-hybridized carbons (Fsp3) is 0.167. The van der Waals surface area contributed by atoms with Gasteiger partial charge in [-0.25, -0.2) is 9.59 Å². The summed E-state index contributed by atoms with van der Waals surface area (Å²) in [7, 11) is 1.32. The minimum Gasteiger partial charge on any atom is -0.504 e. The third-order valence-electron chi connectivity index (χ3n) is 5.58. The van der Waals surface area contributed by atoms with Gasteiger partial charge in [0.1, 0.15) is 10.8 Å². The monoisotopic (exact) mass is 555 g/mol. The van der Waals surface area contributed by atoms with Gasteiger partial charge in [-0.1, -0.05) is 17.8 Å². The van der Waals surface area contributed by atoms with Gasteiger partial charge in [0, 0.05) is 12.1 Å². The lowest BCUT2D eigenvalue weighted by molar-refractivity contribution is -0.121. The molecule has 3 aromatic rings. The summed E-state index contributed by atoms with van der Waals surface area (Å²) in [4.78, 5) is 68.3. The second kappa shape index (κ2) is 11.1. The number of amides is 2. The van der Waals surface area contributed by atoms with Crippen LogP contribution < -0.4 is 26.6 Å². The second-order valence-corrected chi connectivity index (χ2v) is 9.37. The molecule has 14 nitrogen and oxygen atoms in total. The smallest absolute Gasteiger partial charge is 0.335 e. The van der Waals surface area contributed by atoms with Gasteiger partial charge in [-0.05, 0) is 42.0 Å². The van der Waals surface area contributed by atoms with Gasteiger partial charge in [0.05, 0.1) is 18.7 Å². The van der Waals surface area contributed by atoms with Crippen LogP contribution in [0.1, 0.15) is 33.9 Å². The average Bonchev–Trinajstić information content (AvgIpc) is 3.21. The summed E-state index contributed by atoms with van der Waals surface area (Å²) in [6.07, 6.45) is -0.263. The van der Waals surface area contributed by atoms with Crippen LogP contribution in [0.15, 0.2) is 57.0 Å². The molecule has 0 spiro atoms. The number of nitrogens with one attached hydrogen (secondary N) is 4. The predicted octanol–water partition coefficient (Wildman–Crippen LogP) is 0.887. The van der Waals surface area contributed by atoms with Gasteiger partial charge in [-0.3, -0.25) is 24.4 Å². The SMILES string of the molecule is COc1cc(C(NC2=NC(=O)C(CC(=O)Nc3ccc(C(=O)O)cc3)S2)c2c(O)[nH]c(=O)[nH]c2=O)ccc1O. The highest BCUT2D eigenvalue weighted by Gasteiger charge is 2.33. The molecule has 202 valence electrons. The van der Waals surface area contributed by atoms with E-state index in [1.54, 1.807) is 0 Å². The van der Waals surface area contributed by atoms with Crippen LogP contribution >= 0.6 is 11.8 Å². The largest absolute Gasteiger partial charge is 0.504 e. The molecule has 0 fully saturated rings. The van der Waals surface area contributed by atoms with Crippen LogP contribution in [-0.4, -0.2) is 60.6 Å². The maximum Gasteiger partial charge on any atom is 0.335 e. The molecule has 0 aliphatic carbocycles. The van der Waals surface area contributed by atoms with E-state index in [0.29, 0.717) is 11.3 Å². The van der Waals surface area contributed by atoms with E-state index in [0.717, 1.165) is 11.8 Å². The number of nitrogens with zero attached hydrogens (tertiary/aromatic N) is 1. The van der Waals surface area contributed by atoms with Crippen molar-refractivity contribution in [1.82, 2.24) is 15.3 Å². The number of aromatic nitrogens is 2. The Bertz CT molecular complexity index is 1600. The van der Waals surface area contributed by atoms with Crippen molar-refractivity contribution in [2.45, 2.75) is 17.7 Å². The van der Waals surface area contributed by atoms with Gasteiger partial charge in [0.2, 0.25) is 11.8 Å². The minimum atomic E-state index is -1.17. The van der Waals surface area contributed by atoms with E-state index in [2.05, 4.69) is 20.6 Å². The summed E-state index contributed by atoms with van der Waals surface area (Å²) in [5, 5.41) is 33.9. The third-order valence-corrected chi connectivity index (χ3v) is 6.67. The Kier molecular flexibility index (Phi) is 7.71. The topological polar surface area (TPSA) is 223 Å². The molecule has 2 unspecified atom stereocenters. The number of carbonyl (C=O) groups excluding carboxylic acids is 2. The lowest BCUT2D eigenvalue weighted by Crippen LogP contribution is -2.34. The first-order chi connectivity index (χ1) is 18.5. The van der Waals surface area contributed by atoms with Gasteiger partial charge in [0.15, 0.2) is 16.7 Å². The van der Waals surface area contributed by atoms with E-state index < -0.39 is 46.2 Å². The Labute approximate surface area is 222 Å². The molecule has 2 amide bonds. The molecule has 1 aromatic heterocycles. The van der Waals surface area contributed by atoms with Crippen LogP contribution in [0.3, 0.4) is 0 Å². The van der Waals surface area contributed by atoms with Gasteiger partial charge >= 0.3 is 11.7 Å². The number of H-pyrrole nitrogens is 2. The summed E-state index contributed by atoms with van der Waals surface area (Å²) in [6.45, 7) is 0. The maximum atomic E-state index is 12.6. The number of amidine groups is 1. The van der Waals surface area contributed by atoms with Crippen LogP contribution in [0.4, 0.5) is 5.69 Å². The minimum absolute atomic E-state index is 0.0330. The van der Waals surface area contributed by atoms with Gasteiger partial charge in [0.25, 0.3) is 11.5 Å². The molecule has 0 bridgehead atoms. The van der Waals surface area contributed by atoms with E-state index in [1.165, 1.54) is 49.6 Å². The average molecular weight is 556 g/mol. The molecule has 0 saturated heterocycles.